The summed E-state index contributed by atoms with van der Waals surface area (Å²) in [6.07, 6.45) is 1.04. The van der Waals surface area contributed by atoms with Crippen LogP contribution in [0.15, 0.2) is 30.3 Å². The molecule has 0 aliphatic rings. The summed E-state index contributed by atoms with van der Waals surface area (Å²) in [5.41, 5.74) is 0. The minimum Gasteiger partial charge on any atom is -0.492 e. The van der Waals surface area contributed by atoms with Gasteiger partial charge in [-0.2, -0.15) is 0 Å². The number of likely N-dealkylation sites (N-methyl/N-ethyl adjacent to an activating group) is 1. The molecule has 0 spiro atoms. The van der Waals surface area contributed by atoms with E-state index in [1.807, 2.05) is 30.3 Å². The third-order valence-electron chi connectivity index (χ3n) is 2.57. The highest BCUT2D eigenvalue weighted by Crippen LogP contribution is 2.07. The van der Waals surface area contributed by atoms with Crippen LogP contribution in [0, 0.1) is 0 Å². The van der Waals surface area contributed by atoms with Crippen LogP contribution in [0.1, 0.15) is 13.3 Å². The second-order valence-electron chi connectivity index (χ2n) is 4.15. The normalized spacial score (nSPS) is 10.1. The van der Waals surface area contributed by atoms with Gasteiger partial charge in [0.2, 0.25) is 5.91 Å². The van der Waals surface area contributed by atoms with Crippen molar-refractivity contribution in [3.05, 3.63) is 30.3 Å². The van der Waals surface area contributed by atoms with Gasteiger partial charge in [0, 0.05) is 7.05 Å². The van der Waals surface area contributed by atoms with Crippen molar-refractivity contribution >= 4 is 5.91 Å². The number of benzene rings is 1. The summed E-state index contributed by atoms with van der Waals surface area (Å²) in [5.74, 6) is 0.933. The first-order valence-electron chi connectivity index (χ1n) is 6.36. The molecule has 0 aromatic heterocycles. The van der Waals surface area contributed by atoms with Crippen molar-refractivity contribution in [1.29, 1.82) is 0 Å². The highest BCUT2D eigenvalue weighted by molar-refractivity contribution is 5.77. The molecule has 0 aliphatic heterocycles. The number of carbonyl (C=O) groups excluding carboxylic acids is 1. The molecule has 18 heavy (non-hydrogen) atoms. The second-order valence-corrected chi connectivity index (χ2v) is 4.15. The molecule has 1 rings (SSSR count). The molecule has 0 saturated heterocycles. The average Bonchev–Trinajstić information content (AvgIpc) is 2.40. The number of hydrogen-bond donors (Lipinski definition) is 1. The van der Waals surface area contributed by atoms with Crippen molar-refractivity contribution in [1.82, 2.24) is 10.2 Å². The molecule has 0 aliphatic carbocycles. The smallest absolute Gasteiger partial charge is 0.236 e. The van der Waals surface area contributed by atoms with Crippen molar-refractivity contribution < 1.29 is 9.53 Å². The zero-order chi connectivity index (χ0) is 13.2. The van der Waals surface area contributed by atoms with Crippen molar-refractivity contribution in [3.63, 3.8) is 0 Å². The van der Waals surface area contributed by atoms with E-state index in [2.05, 4.69) is 12.2 Å². The number of nitrogens with zero attached hydrogens (tertiary/aromatic N) is 1. The first-order chi connectivity index (χ1) is 8.74. The fourth-order valence-electron chi connectivity index (χ4n) is 1.45. The monoisotopic (exact) mass is 250 g/mol. The third-order valence-corrected chi connectivity index (χ3v) is 2.57. The summed E-state index contributed by atoms with van der Waals surface area (Å²) in [4.78, 5) is 13.4. The molecular formula is C14H22N2O2. The third kappa shape index (κ3) is 5.68. The lowest BCUT2D eigenvalue weighted by Crippen LogP contribution is -2.37. The quantitative estimate of drug-likeness (QED) is 0.711. The van der Waals surface area contributed by atoms with Gasteiger partial charge >= 0.3 is 0 Å². The van der Waals surface area contributed by atoms with Gasteiger partial charge in [-0.1, -0.05) is 25.1 Å². The van der Waals surface area contributed by atoms with Crippen molar-refractivity contribution in [2.24, 2.45) is 0 Å². The summed E-state index contributed by atoms with van der Waals surface area (Å²) >= 11 is 0. The molecule has 1 amide bonds. The van der Waals surface area contributed by atoms with Crippen LogP contribution in [-0.2, 0) is 4.79 Å². The van der Waals surface area contributed by atoms with E-state index in [0.29, 0.717) is 19.7 Å². The Morgan fingerprint density at radius 2 is 2.06 bits per heavy atom. The molecule has 0 radical (unpaired) electrons. The van der Waals surface area contributed by atoms with Gasteiger partial charge in [-0.3, -0.25) is 4.79 Å². The molecule has 1 N–H and O–H groups in total. The Morgan fingerprint density at radius 3 is 2.72 bits per heavy atom. The maximum Gasteiger partial charge on any atom is 0.236 e. The summed E-state index contributed by atoms with van der Waals surface area (Å²) < 4.78 is 5.54. The Hall–Kier alpha value is -1.55. The number of amides is 1. The van der Waals surface area contributed by atoms with Crippen LogP contribution in [0.25, 0.3) is 0 Å². The van der Waals surface area contributed by atoms with Crippen LogP contribution in [-0.4, -0.2) is 44.1 Å². The number of nitrogens with one attached hydrogen (secondary N) is 1. The van der Waals surface area contributed by atoms with Crippen molar-refractivity contribution in [2.45, 2.75) is 13.3 Å². The molecular weight excluding hydrogens is 228 g/mol. The Morgan fingerprint density at radius 1 is 1.33 bits per heavy atom. The lowest BCUT2D eigenvalue weighted by atomic mass is 10.3. The molecule has 0 atom stereocenters. The SMILES string of the molecule is CCCNCC(=O)N(C)CCOc1ccccc1. The van der Waals surface area contributed by atoms with Crippen LogP contribution in [0.5, 0.6) is 5.75 Å². The van der Waals surface area contributed by atoms with E-state index >= 15 is 0 Å². The van der Waals surface area contributed by atoms with Gasteiger partial charge < -0.3 is 15.0 Å². The summed E-state index contributed by atoms with van der Waals surface area (Å²) in [6.45, 7) is 4.46. The van der Waals surface area contributed by atoms with Gasteiger partial charge in [0.05, 0.1) is 13.1 Å². The van der Waals surface area contributed by atoms with Gasteiger partial charge in [0.15, 0.2) is 0 Å². The zero-order valence-electron chi connectivity index (χ0n) is 11.2. The Balaban J connectivity index is 2.16. The van der Waals surface area contributed by atoms with E-state index in [1.54, 1.807) is 11.9 Å². The van der Waals surface area contributed by atoms with Crippen LogP contribution in [0.3, 0.4) is 0 Å². The van der Waals surface area contributed by atoms with Gasteiger partial charge in [-0.15, -0.1) is 0 Å². The van der Waals surface area contributed by atoms with Crippen molar-refractivity contribution in [2.75, 3.05) is 33.3 Å². The standard InChI is InChI=1S/C14H22N2O2/c1-3-9-15-12-14(17)16(2)10-11-18-13-7-5-4-6-8-13/h4-8,15H,3,9-12H2,1-2H3. The molecule has 100 valence electrons. The van der Waals surface area contributed by atoms with Crippen molar-refractivity contribution in [3.8, 4) is 5.75 Å². The fraction of sp³-hybridized carbons (Fsp3) is 0.500. The first kappa shape index (κ1) is 14.5. The predicted octanol–water partition coefficient (Wildman–Crippen LogP) is 1.52. The Labute approximate surface area is 109 Å². The number of hydrogen-bond acceptors (Lipinski definition) is 3. The van der Waals surface area contributed by atoms with Gasteiger partial charge in [-0.25, -0.2) is 0 Å². The molecule has 0 saturated carbocycles. The molecule has 4 nitrogen and oxygen atoms in total. The fourth-order valence-corrected chi connectivity index (χ4v) is 1.45. The molecule has 4 heteroatoms. The van der Waals surface area contributed by atoms with Crippen LogP contribution in [0.2, 0.25) is 0 Å². The summed E-state index contributed by atoms with van der Waals surface area (Å²) in [7, 11) is 1.80. The molecule has 1 aromatic carbocycles. The van der Waals surface area contributed by atoms with Crippen LogP contribution < -0.4 is 10.1 Å². The molecule has 0 bridgehead atoms. The lowest BCUT2D eigenvalue weighted by molar-refractivity contribution is -0.129. The largest absolute Gasteiger partial charge is 0.492 e. The molecule has 0 unspecified atom stereocenters. The van der Waals surface area contributed by atoms with Crippen LogP contribution in [0.4, 0.5) is 0 Å². The highest BCUT2D eigenvalue weighted by atomic mass is 16.5. The second kappa shape index (κ2) is 8.53. The topological polar surface area (TPSA) is 41.6 Å². The minimum absolute atomic E-state index is 0.0973. The number of ether oxygens (including phenoxy) is 1. The summed E-state index contributed by atoms with van der Waals surface area (Å²) in [5, 5.41) is 3.09. The van der Waals surface area contributed by atoms with Crippen LogP contribution >= 0.6 is 0 Å². The van der Waals surface area contributed by atoms with Gasteiger partial charge in [-0.05, 0) is 25.1 Å². The highest BCUT2D eigenvalue weighted by Gasteiger charge is 2.07. The maximum absolute atomic E-state index is 11.7. The molecule has 1 aromatic rings. The van der Waals surface area contributed by atoms with Gasteiger partial charge in [0.1, 0.15) is 12.4 Å². The van der Waals surface area contributed by atoms with E-state index in [1.165, 1.54) is 0 Å². The average molecular weight is 250 g/mol. The van der Waals surface area contributed by atoms with E-state index in [9.17, 15) is 4.79 Å². The maximum atomic E-state index is 11.7. The zero-order valence-corrected chi connectivity index (χ0v) is 11.2. The van der Waals surface area contributed by atoms with E-state index < -0.39 is 0 Å². The lowest BCUT2D eigenvalue weighted by Gasteiger charge is -2.17. The summed E-state index contributed by atoms with van der Waals surface area (Å²) in [6, 6.07) is 9.62. The number of carbonyl (C=O) groups is 1. The Bertz CT molecular complexity index is 341. The number of rotatable bonds is 8. The first-order valence-corrected chi connectivity index (χ1v) is 6.36. The molecule has 0 fully saturated rings. The van der Waals surface area contributed by atoms with E-state index in [0.717, 1.165) is 18.7 Å². The predicted molar refractivity (Wildman–Crippen MR) is 72.7 cm³/mol. The minimum atomic E-state index is 0.0973. The van der Waals surface area contributed by atoms with E-state index in [4.69, 9.17) is 4.74 Å². The molecule has 0 heterocycles. The van der Waals surface area contributed by atoms with E-state index in [-0.39, 0.29) is 5.91 Å². The number of para-hydroxylation sites is 1. The Kier molecular flexibility index (Phi) is 6.87. The van der Waals surface area contributed by atoms with Gasteiger partial charge in [0.25, 0.3) is 0 Å².